The molecule has 0 aliphatic rings. The molecule has 0 aliphatic heterocycles. The van der Waals surface area contributed by atoms with Crippen LogP contribution in [-0.2, 0) is 20.6 Å². The average Bonchev–Trinajstić information content (AvgIpc) is 2.59. The molecular formula is C22H39Ta-3. The number of hydrogen-bond acceptors (Lipinski definition) is 0. The zero-order valence-electron chi connectivity index (χ0n) is 15.9. The fourth-order valence-electron chi connectivity index (χ4n) is 1.29. The maximum absolute atomic E-state index is 3.68. The maximum atomic E-state index is 3.68. The summed E-state index contributed by atoms with van der Waals surface area (Å²) in [6, 6.07) is 10.4. The van der Waals surface area contributed by atoms with Crippen molar-refractivity contribution in [2.45, 2.75) is 78.6 Å². The van der Waals surface area contributed by atoms with Gasteiger partial charge in [0.05, 0.1) is 0 Å². The molecule has 0 atom stereocenters. The topological polar surface area (TPSA) is 0 Å². The Morgan fingerprint density at radius 1 is 0.739 bits per heavy atom. The van der Waals surface area contributed by atoms with E-state index in [9.17, 15) is 0 Å². The summed E-state index contributed by atoms with van der Waals surface area (Å²) in [6.07, 6.45) is 11.0. The summed E-state index contributed by atoms with van der Waals surface area (Å²) in [5, 5.41) is 0. The Kier molecular flexibility index (Phi) is 35.8. The van der Waals surface area contributed by atoms with E-state index in [0.29, 0.717) is 0 Å². The van der Waals surface area contributed by atoms with Crippen molar-refractivity contribution in [3.63, 3.8) is 0 Å². The Balaban J connectivity index is -0.000000240. The van der Waals surface area contributed by atoms with Crippen LogP contribution in [0.3, 0.4) is 0 Å². The fraction of sp³-hybridized carbons (Fsp3) is 0.545. The number of rotatable bonds is 7. The molecule has 0 spiro atoms. The van der Waals surface area contributed by atoms with Crippen LogP contribution in [0.2, 0.25) is 0 Å². The first-order chi connectivity index (χ1) is 11.2. The predicted molar refractivity (Wildman–Crippen MR) is 106 cm³/mol. The van der Waals surface area contributed by atoms with E-state index >= 15 is 0 Å². The first-order valence-electron chi connectivity index (χ1n) is 9.08. The molecule has 0 saturated carbocycles. The van der Waals surface area contributed by atoms with Gasteiger partial charge < -0.3 is 20.8 Å². The molecule has 0 nitrogen and oxygen atoms in total. The van der Waals surface area contributed by atoms with E-state index in [1.807, 2.05) is 6.07 Å². The van der Waals surface area contributed by atoms with Gasteiger partial charge in [0.25, 0.3) is 0 Å². The zero-order valence-corrected chi connectivity index (χ0v) is 19.1. The van der Waals surface area contributed by atoms with Crippen molar-refractivity contribution in [2.75, 3.05) is 0 Å². The van der Waals surface area contributed by atoms with Crippen LogP contribution in [0.5, 0.6) is 0 Å². The van der Waals surface area contributed by atoms with Gasteiger partial charge in [-0.15, -0.1) is 0 Å². The number of hydrogen-bond donors (Lipinski definition) is 0. The van der Waals surface area contributed by atoms with E-state index in [1.165, 1.54) is 64.7 Å². The van der Waals surface area contributed by atoms with E-state index in [-0.39, 0.29) is 0 Å². The Morgan fingerprint density at radius 3 is 1.22 bits per heavy atom. The Bertz CT molecular complexity index is 259. The van der Waals surface area contributed by atoms with E-state index < -0.39 is 0 Å². The van der Waals surface area contributed by atoms with Crippen molar-refractivity contribution < 1.29 is 20.6 Å². The van der Waals surface area contributed by atoms with Gasteiger partial charge in [0.2, 0.25) is 0 Å². The molecule has 135 valence electrons. The van der Waals surface area contributed by atoms with Gasteiger partial charge >= 0.3 is 60.7 Å². The van der Waals surface area contributed by atoms with Crippen molar-refractivity contribution in [2.24, 2.45) is 0 Å². The van der Waals surface area contributed by atoms with Crippen LogP contribution in [-0.4, -0.2) is 4.23 Å². The van der Waals surface area contributed by atoms with Crippen LogP contribution in [0.15, 0.2) is 30.3 Å². The van der Waals surface area contributed by atoms with E-state index in [0.717, 1.165) is 19.3 Å². The van der Waals surface area contributed by atoms with Crippen molar-refractivity contribution in [1.29, 1.82) is 0 Å². The molecule has 0 radical (unpaired) electrons. The van der Waals surface area contributed by atoms with E-state index in [1.54, 1.807) is 0 Å². The fourth-order valence-corrected chi connectivity index (χ4v) is 1.91. The third-order valence-electron chi connectivity index (χ3n) is 2.76. The van der Waals surface area contributed by atoms with Crippen LogP contribution < -0.4 is 0 Å². The molecule has 0 heterocycles. The summed E-state index contributed by atoms with van der Waals surface area (Å²) in [6.45, 7) is 17.5. The van der Waals surface area contributed by atoms with E-state index in [2.05, 4.69) is 70.0 Å². The van der Waals surface area contributed by atoms with Crippen molar-refractivity contribution in [3.05, 3.63) is 56.7 Å². The summed E-state index contributed by atoms with van der Waals surface area (Å²) in [5.74, 6) is 0. The second-order valence-corrected chi connectivity index (χ2v) is 6.09. The van der Waals surface area contributed by atoms with Crippen LogP contribution >= 0.6 is 0 Å². The Labute approximate surface area is 159 Å². The van der Waals surface area contributed by atoms with E-state index in [4.69, 9.17) is 0 Å². The Hall–Kier alpha value is -0.170. The van der Waals surface area contributed by atoms with Gasteiger partial charge in [-0.3, -0.25) is 0 Å². The molecule has 0 unspecified atom stereocenters. The van der Waals surface area contributed by atoms with Gasteiger partial charge in [-0.05, 0) is 0 Å². The molecule has 23 heavy (non-hydrogen) atoms. The molecule has 0 aliphatic carbocycles. The number of unbranched alkanes of at least 4 members (excludes halogenated alkanes) is 6. The monoisotopic (exact) mass is 484 g/mol. The van der Waals surface area contributed by atoms with Crippen molar-refractivity contribution >= 4 is 4.23 Å². The van der Waals surface area contributed by atoms with Crippen LogP contribution in [0.25, 0.3) is 0 Å². The van der Waals surface area contributed by atoms with Crippen LogP contribution in [0, 0.1) is 20.8 Å². The van der Waals surface area contributed by atoms with Crippen molar-refractivity contribution in [1.82, 2.24) is 0 Å². The molecule has 0 fully saturated rings. The molecule has 0 bridgehead atoms. The molecule has 0 amide bonds. The van der Waals surface area contributed by atoms with Gasteiger partial charge in [-0.2, -0.15) is 19.3 Å². The van der Waals surface area contributed by atoms with Crippen LogP contribution in [0.1, 0.15) is 84.1 Å². The third kappa shape index (κ3) is 34.3. The molecule has 1 aromatic rings. The molecular weight excluding hydrogens is 445 g/mol. The normalized spacial score (nSPS) is 8.39. The average molecular weight is 485 g/mol. The minimum absolute atomic E-state index is 1.09. The van der Waals surface area contributed by atoms with Gasteiger partial charge in [-0.25, -0.2) is 0 Å². The summed E-state index contributed by atoms with van der Waals surface area (Å²) in [5.41, 5.74) is 1.33. The van der Waals surface area contributed by atoms with Crippen molar-refractivity contribution in [3.8, 4) is 0 Å². The number of benzene rings is 1. The second-order valence-electron chi connectivity index (χ2n) is 5.16. The molecule has 1 rings (SSSR count). The molecule has 1 heteroatoms. The standard InChI is InChI=1S/C7H6.3C5H11.Ta/c1-7-5-3-2-4-6-7;3*1-3-5-4-2;/h1-6H;3*1,3-5H2,2H3;/q;3*-1;. The molecule has 0 aromatic heterocycles. The molecule has 1 aromatic carbocycles. The molecule has 0 saturated heterocycles. The van der Waals surface area contributed by atoms with Gasteiger partial charge in [0, 0.05) is 0 Å². The quantitative estimate of drug-likeness (QED) is 0.354. The third-order valence-corrected chi connectivity index (χ3v) is 3.83. The summed E-state index contributed by atoms with van der Waals surface area (Å²) < 4.78 is 2.19. The molecule has 0 N–H and O–H groups in total. The van der Waals surface area contributed by atoms with Gasteiger partial charge in [0.15, 0.2) is 0 Å². The summed E-state index contributed by atoms with van der Waals surface area (Å²) in [7, 11) is 0. The SMILES string of the molecule is [CH2-]CCCC.[CH2-]CCCC.[CH2-]CCCC.[Ta]=[CH]c1ccccc1. The minimum atomic E-state index is 1.09. The zero-order chi connectivity index (χ0) is 18.2. The first-order valence-corrected chi connectivity index (χ1v) is 10.9. The van der Waals surface area contributed by atoms with Gasteiger partial charge in [-0.1, -0.05) is 59.3 Å². The predicted octanol–water partition coefficient (Wildman–Crippen LogP) is 7.42. The first kappa shape index (κ1) is 27.7. The van der Waals surface area contributed by atoms with Gasteiger partial charge in [0.1, 0.15) is 0 Å². The second kappa shape index (κ2) is 29.8. The van der Waals surface area contributed by atoms with Crippen LogP contribution in [0.4, 0.5) is 0 Å². The summed E-state index contributed by atoms with van der Waals surface area (Å²) >= 11 is 1.33. The summed E-state index contributed by atoms with van der Waals surface area (Å²) in [4.78, 5) is 0. The Morgan fingerprint density at radius 2 is 1.09 bits per heavy atom.